The third kappa shape index (κ3) is 3.29. The number of methoxy groups -OCH3 is 2. The van der Waals surface area contributed by atoms with Gasteiger partial charge in [0.2, 0.25) is 5.75 Å². The van der Waals surface area contributed by atoms with E-state index in [9.17, 15) is 0 Å². The summed E-state index contributed by atoms with van der Waals surface area (Å²) in [4.78, 5) is 0. The van der Waals surface area contributed by atoms with E-state index in [0.29, 0.717) is 36.8 Å². The van der Waals surface area contributed by atoms with E-state index in [0.717, 1.165) is 0 Å². The Labute approximate surface area is 94.9 Å². The molecule has 1 aromatic carbocycles. The molecule has 0 saturated heterocycles. The molecule has 0 saturated carbocycles. The molecule has 1 aromatic rings. The molecule has 0 bridgehead atoms. The molecule has 0 aliphatic rings. The molecule has 0 aliphatic heterocycles. The Morgan fingerprint density at radius 2 is 1.81 bits per heavy atom. The first kappa shape index (κ1) is 12.6. The van der Waals surface area contributed by atoms with Gasteiger partial charge in [-0.05, 0) is 18.6 Å². The molecule has 0 unspecified atom stereocenters. The van der Waals surface area contributed by atoms with Crippen molar-refractivity contribution in [2.45, 2.75) is 6.42 Å². The Morgan fingerprint density at radius 1 is 1.19 bits per heavy atom. The summed E-state index contributed by atoms with van der Waals surface area (Å²) in [6, 6.07) is 5.45. The van der Waals surface area contributed by atoms with Gasteiger partial charge < -0.3 is 19.4 Å². The van der Waals surface area contributed by atoms with Gasteiger partial charge in [0.25, 0.3) is 0 Å². The number of para-hydroxylation sites is 1. The van der Waals surface area contributed by atoms with E-state index in [1.807, 2.05) is 18.2 Å². The molecule has 0 fully saturated rings. The highest BCUT2D eigenvalue weighted by Crippen LogP contribution is 2.36. The van der Waals surface area contributed by atoms with Crippen LogP contribution in [-0.2, 0) is 0 Å². The summed E-state index contributed by atoms with van der Waals surface area (Å²) in [7, 11) is 3.16. The van der Waals surface area contributed by atoms with E-state index in [4.69, 9.17) is 19.4 Å². The molecular weight excluding hydrogens is 210 g/mol. The number of ether oxygens (including phenoxy) is 3. The van der Waals surface area contributed by atoms with Gasteiger partial charge in [0.15, 0.2) is 11.5 Å². The van der Waals surface area contributed by atoms with Crippen LogP contribution in [0.15, 0.2) is 18.2 Å². The SMILES string of the molecule is COc1cccc(OC)c1OCCCNO. The molecule has 2 N–H and O–H groups in total. The lowest BCUT2D eigenvalue weighted by Crippen LogP contribution is -2.12. The van der Waals surface area contributed by atoms with Crippen LogP contribution in [0.3, 0.4) is 0 Å². The molecule has 0 amide bonds. The minimum atomic E-state index is 0.476. The molecule has 0 aliphatic carbocycles. The van der Waals surface area contributed by atoms with Crippen molar-refractivity contribution in [1.29, 1.82) is 0 Å². The summed E-state index contributed by atoms with van der Waals surface area (Å²) < 4.78 is 15.9. The predicted molar refractivity (Wildman–Crippen MR) is 59.4 cm³/mol. The number of hydrogen-bond acceptors (Lipinski definition) is 5. The zero-order chi connectivity index (χ0) is 11.8. The highest BCUT2D eigenvalue weighted by atomic mass is 16.5. The lowest BCUT2D eigenvalue weighted by Gasteiger charge is -2.13. The van der Waals surface area contributed by atoms with Gasteiger partial charge in [0.05, 0.1) is 20.8 Å². The molecule has 0 radical (unpaired) electrons. The molecule has 1 rings (SSSR count). The molecule has 0 atom stereocenters. The van der Waals surface area contributed by atoms with Gasteiger partial charge in [-0.2, -0.15) is 0 Å². The Kier molecular flexibility index (Phi) is 5.45. The maximum atomic E-state index is 8.41. The minimum absolute atomic E-state index is 0.476. The van der Waals surface area contributed by atoms with Crippen LogP contribution >= 0.6 is 0 Å². The Bertz CT molecular complexity index is 295. The lowest BCUT2D eigenvalue weighted by molar-refractivity contribution is 0.156. The second kappa shape index (κ2) is 6.92. The van der Waals surface area contributed by atoms with Gasteiger partial charge in [-0.15, -0.1) is 0 Å². The summed E-state index contributed by atoms with van der Waals surface area (Å²) in [5.41, 5.74) is 2.07. The van der Waals surface area contributed by atoms with Crippen molar-refractivity contribution in [3.63, 3.8) is 0 Å². The van der Waals surface area contributed by atoms with Crippen molar-refractivity contribution in [1.82, 2.24) is 5.48 Å². The van der Waals surface area contributed by atoms with Crippen LogP contribution < -0.4 is 19.7 Å². The molecule has 16 heavy (non-hydrogen) atoms. The van der Waals surface area contributed by atoms with Gasteiger partial charge in [0, 0.05) is 6.54 Å². The Morgan fingerprint density at radius 3 is 2.31 bits per heavy atom. The van der Waals surface area contributed by atoms with Crippen LogP contribution in [0.2, 0.25) is 0 Å². The maximum absolute atomic E-state index is 8.41. The molecular formula is C11H17NO4. The highest BCUT2D eigenvalue weighted by Gasteiger charge is 2.10. The first-order chi connectivity index (χ1) is 7.83. The van der Waals surface area contributed by atoms with Gasteiger partial charge in [-0.1, -0.05) is 6.07 Å². The molecule has 0 spiro atoms. The van der Waals surface area contributed by atoms with E-state index in [2.05, 4.69) is 5.48 Å². The Hall–Kier alpha value is -1.46. The quantitative estimate of drug-likeness (QED) is 0.545. The van der Waals surface area contributed by atoms with E-state index >= 15 is 0 Å². The Balaban J connectivity index is 2.67. The minimum Gasteiger partial charge on any atom is -0.493 e. The van der Waals surface area contributed by atoms with E-state index in [1.54, 1.807) is 14.2 Å². The monoisotopic (exact) mass is 227 g/mol. The van der Waals surface area contributed by atoms with E-state index < -0.39 is 0 Å². The second-order valence-electron chi connectivity index (χ2n) is 3.10. The summed E-state index contributed by atoms with van der Waals surface area (Å²) >= 11 is 0. The first-order valence-corrected chi connectivity index (χ1v) is 5.04. The zero-order valence-electron chi connectivity index (χ0n) is 9.53. The van der Waals surface area contributed by atoms with Crippen LogP contribution in [0.25, 0.3) is 0 Å². The smallest absolute Gasteiger partial charge is 0.203 e. The van der Waals surface area contributed by atoms with E-state index in [1.165, 1.54) is 0 Å². The van der Waals surface area contributed by atoms with Crippen molar-refractivity contribution in [3.8, 4) is 17.2 Å². The summed E-state index contributed by atoms with van der Waals surface area (Å²) in [6.45, 7) is 0.960. The average molecular weight is 227 g/mol. The van der Waals surface area contributed by atoms with Crippen molar-refractivity contribution in [3.05, 3.63) is 18.2 Å². The molecule has 90 valence electrons. The first-order valence-electron chi connectivity index (χ1n) is 5.04. The van der Waals surface area contributed by atoms with Crippen molar-refractivity contribution in [2.75, 3.05) is 27.4 Å². The fraction of sp³-hybridized carbons (Fsp3) is 0.455. The topological polar surface area (TPSA) is 60.0 Å². The highest BCUT2D eigenvalue weighted by molar-refractivity contribution is 5.51. The number of benzene rings is 1. The lowest BCUT2D eigenvalue weighted by atomic mass is 10.3. The van der Waals surface area contributed by atoms with Crippen molar-refractivity contribution >= 4 is 0 Å². The predicted octanol–water partition coefficient (Wildman–Crippen LogP) is 1.45. The maximum Gasteiger partial charge on any atom is 0.203 e. The van der Waals surface area contributed by atoms with Gasteiger partial charge in [0.1, 0.15) is 0 Å². The summed E-state index contributed by atoms with van der Waals surface area (Å²) in [6.07, 6.45) is 0.692. The van der Waals surface area contributed by atoms with Gasteiger partial charge >= 0.3 is 0 Å². The van der Waals surface area contributed by atoms with Crippen LogP contribution in [-0.4, -0.2) is 32.6 Å². The zero-order valence-corrected chi connectivity index (χ0v) is 9.53. The van der Waals surface area contributed by atoms with E-state index in [-0.39, 0.29) is 0 Å². The second-order valence-corrected chi connectivity index (χ2v) is 3.10. The standard InChI is InChI=1S/C11H17NO4/c1-14-9-5-3-6-10(15-2)11(9)16-8-4-7-12-13/h3,5-6,12-13H,4,7-8H2,1-2H3. The normalized spacial score (nSPS) is 9.94. The molecule has 0 heterocycles. The van der Waals surface area contributed by atoms with Crippen molar-refractivity contribution < 1.29 is 19.4 Å². The molecule has 0 aromatic heterocycles. The number of rotatable bonds is 7. The average Bonchev–Trinajstić information content (AvgIpc) is 2.34. The van der Waals surface area contributed by atoms with Crippen molar-refractivity contribution in [2.24, 2.45) is 0 Å². The fourth-order valence-corrected chi connectivity index (χ4v) is 1.28. The third-order valence-corrected chi connectivity index (χ3v) is 2.06. The fourth-order valence-electron chi connectivity index (χ4n) is 1.28. The van der Waals surface area contributed by atoms with Gasteiger partial charge in [-0.25, -0.2) is 5.48 Å². The third-order valence-electron chi connectivity index (χ3n) is 2.06. The molecule has 5 nitrogen and oxygen atoms in total. The summed E-state index contributed by atoms with van der Waals surface area (Å²) in [5, 5.41) is 8.41. The number of hydrogen-bond donors (Lipinski definition) is 2. The van der Waals surface area contributed by atoms with Crippen LogP contribution in [0.1, 0.15) is 6.42 Å². The van der Waals surface area contributed by atoms with Crippen LogP contribution in [0, 0.1) is 0 Å². The summed E-state index contributed by atoms with van der Waals surface area (Å²) in [5.74, 6) is 1.86. The van der Waals surface area contributed by atoms with Gasteiger partial charge in [-0.3, -0.25) is 0 Å². The van der Waals surface area contributed by atoms with Crippen LogP contribution in [0.4, 0.5) is 0 Å². The number of hydroxylamine groups is 1. The van der Waals surface area contributed by atoms with Crippen LogP contribution in [0.5, 0.6) is 17.2 Å². The molecule has 5 heteroatoms. The number of nitrogens with one attached hydrogen (secondary N) is 1. The largest absolute Gasteiger partial charge is 0.493 e.